The monoisotopic (exact) mass is 358 g/mol. The van der Waals surface area contributed by atoms with Gasteiger partial charge in [-0.1, -0.05) is 11.6 Å². The van der Waals surface area contributed by atoms with E-state index >= 15 is 0 Å². The van der Waals surface area contributed by atoms with Gasteiger partial charge in [-0.25, -0.2) is 4.68 Å². The minimum Gasteiger partial charge on any atom is -0.492 e. The Balaban J connectivity index is 1.89. The van der Waals surface area contributed by atoms with Crippen LogP contribution in [0.4, 0.5) is 0 Å². The van der Waals surface area contributed by atoms with Gasteiger partial charge in [-0.05, 0) is 37.6 Å². The van der Waals surface area contributed by atoms with E-state index in [-0.39, 0.29) is 0 Å². The van der Waals surface area contributed by atoms with Gasteiger partial charge >= 0.3 is 0 Å². The Morgan fingerprint density at radius 2 is 2.20 bits per heavy atom. The first kappa shape index (κ1) is 16.2. The van der Waals surface area contributed by atoms with Crippen molar-refractivity contribution in [3.05, 3.63) is 47.4 Å². The summed E-state index contributed by atoms with van der Waals surface area (Å²) in [6.45, 7) is 4.51. The predicted octanol–water partition coefficient (Wildman–Crippen LogP) is 3.10. The molecule has 0 fully saturated rings. The van der Waals surface area contributed by atoms with Gasteiger partial charge in [-0.2, -0.15) is 10.2 Å². The van der Waals surface area contributed by atoms with Gasteiger partial charge in [-0.15, -0.1) is 0 Å². The average molecular weight is 359 g/mol. The molecule has 4 rings (SSSR count). The fourth-order valence-electron chi connectivity index (χ4n) is 3.10. The number of ether oxygens (including phenoxy) is 1. The average Bonchev–Trinajstić information content (AvgIpc) is 3.24. The second kappa shape index (κ2) is 5.89. The summed E-state index contributed by atoms with van der Waals surface area (Å²) in [5.41, 5.74) is 2.60. The second-order valence-corrected chi connectivity index (χ2v) is 7.30. The summed E-state index contributed by atoms with van der Waals surface area (Å²) in [5.74, 6) is 0.825. The van der Waals surface area contributed by atoms with Crippen LogP contribution in [0.5, 0.6) is 5.75 Å². The molecule has 0 aliphatic carbocycles. The molecular weight excluding hydrogens is 340 g/mol. The Hall–Kier alpha value is -2.31. The van der Waals surface area contributed by atoms with E-state index in [2.05, 4.69) is 5.10 Å². The van der Waals surface area contributed by atoms with Crippen LogP contribution in [0.1, 0.15) is 19.4 Å². The molecule has 2 aromatic heterocycles. The number of aliphatic hydroxyl groups is 1. The van der Waals surface area contributed by atoms with Crippen molar-refractivity contribution in [1.82, 2.24) is 19.6 Å². The number of halogens is 1. The molecule has 1 N–H and O–H groups in total. The zero-order chi connectivity index (χ0) is 17.6. The number of rotatable bonds is 4. The van der Waals surface area contributed by atoms with E-state index < -0.39 is 5.60 Å². The summed E-state index contributed by atoms with van der Waals surface area (Å²) < 4.78 is 9.32. The third-order valence-electron chi connectivity index (χ3n) is 4.05. The van der Waals surface area contributed by atoms with Gasteiger partial charge in [0, 0.05) is 29.4 Å². The molecule has 1 aromatic carbocycles. The molecule has 0 bridgehead atoms. The lowest BCUT2D eigenvalue weighted by Gasteiger charge is -2.16. The molecule has 1 aliphatic rings. The van der Waals surface area contributed by atoms with Crippen LogP contribution in [0.25, 0.3) is 16.9 Å². The van der Waals surface area contributed by atoms with Gasteiger partial charge in [-0.3, -0.25) is 4.68 Å². The normalized spacial score (nSPS) is 13.8. The Morgan fingerprint density at radius 1 is 1.36 bits per heavy atom. The minimum absolute atomic E-state index is 0.366. The maximum atomic E-state index is 10.1. The molecule has 6 nitrogen and oxygen atoms in total. The topological polar surface area (TPSA) is 65.1 Å². The number of hydrogen-bond acceptors (Lipinski definition) is 4. The van der Waals surface area contributed by atoms with E-state index in [9.17, 15) is 5.11 Å². The standard InChI is InChI=1S/C18H19ClN4O2/c1-18(2,24)11-22-10-15(23-6-3-5-20-23)16(21-22)14-9-13(19)8-12-4-7-25-17(12)14/h3,5-6,8-10,24H,4,7,11H2,1-2H3. The van der Waals surface area contributed by atoms with Crippen LogP contribution in [0, 0.1) is 0 Å². The van der Waals surface area contributed by atoms with Crippen LogP contribution in [-0.2, 0) is 13.0 Å². The minimum atomic E-state index is -0.878. The van der Waals surface area contributed by atoms with Crippen molar-refractivity contribution >= 4 is 11.6 Å². The molecule has 0 radical (unpaired) electrons. The van der Waals surface area contributed by atoms with E-state index in [1.54, 1.807) is 29.4 Å². The Labute approximate surface area is 150 Å². The number of aromatic nitrogens is 4. The van der Waals surface area contributed by atoms with Gasteiger partial charge in [0.2, 0.25) is 0 Å². The van der Waals surface area contributed by atoms with Crippen LogP contribution in [0.2, 0.25) is 5.02 Å². The molecule has 0 amide bonds. The smallest absolute Gasteiger partial charge is 0.132 e. The SMILES string of the molecule is CC(C)(O)Cn1cc(-n2cccn2)c(-c2cc(Cl)cc3c2OCC3)n1. The molecule has 1 aliphatic heterocycles. The first-order chi connectivity index (χ1) is 11.9. The Kier molecular flexibility index (Phi) is 3.81. The Bertz CT molecular complexity index is 910. The molecule has 0 atom stereocenters. The predicted molar refractivity (Wildman–Crippen MR) is 95.3 cm³/mol. The van der Waals surface area contributed by atoms with Crippen LogP contribution in [0.3, 0.4) is 0 Å². The largest absolute Gasteiger partial charge is 0.492 e. The molecule has 3 heterocycles. The van der Waals surface area contributed by atoms with Crippen LogP contribution in [0.15, 0.2) is 36.8 Å². The highest BCUT2D eigenvalue weighted by atomic mass is 35.5. The summed E-state index contributed by atoms with van der Waals surface area (Å²) in [6, 6.07) is 5.67. The highest BCUT2D eigenvalue weighted by Gasteiger charge is 2.25. The van der Waals surface area contributed by atoms with Gasteiger partial charge in [0.25, 0.3) is 0 Å². The number of fused-ring (bicyclic) bond motifs is 1. The molecule has 25 heavy (non-hydrogen) atoms. The van der Waals surface area contributed by atoms with Gasteiger partial charge in [0.15, 0.2) is 0 Å². The van der Waals surface area contributed by atoms with E-state index in [4.69, 9.17) is 21.4 Å². The van der Waals surface area contributed by atoms with Crippen LogP contribution < -0.4 is 4.74 Å². The van der Waals surface area contributed by atoms with Crippen molar-refractivity contribution in [1.29, 1.82) is 0 Å². The Morgan fingerprint density at radius 3 is 2.92 bits per heavy atom. The number of hydrogen-bond donors (Lipinski definition) is 1. The molecule has 130 valence electrons. The lowest BCUT2D eigenvalue weighted by molar-refractivity contribution is 0.0578. The van der Waals surface area contributed by atoms with Gasteiger partial charge < -0.3 is 9.84 Å². The quantitative estimate of drug-likeness (QED) is 0.778. The lowest BCUT2D eigenvalue weighted by Crippen LogP contribution is -2.26. The second-order valence-electron chi connectivity index (χ2n) is 6.86. The van der Waals surface area contributed by atoms with Crippen molar-refractivity contribution in [2.24, 2.45) is 0 Å². The molecule has 3 aromatic rings. The lowest BCUT2D eigenvalue weighted by atomic mass is 10.0. The zero-order valence-corrected chi connectivity index (χ0v) is 14.9. The zero-order valence-electron chi connectivity index (χ0n) is 14.1. The number of nitrogens with zero attached hydrogens (tertiary/aromatic N) is 4. The molecule has 0 unspecified atom stereocenters. The third-order valence-corrected chi connectivity index (χ3v) is 4.26. The fourth-order valence-corrected chi connectivity index (χ4v) is 3.35. The summed E-state index contributed by atoms with van der Waals surface area (Å²) in [7, 11) is 0. The van der Waals surface area contributed by atoms with Crippen LogP contribution >= 0.6 is 11.6 Å². The van der Waals surface area contributed by atoms with E-state index in [1.165, 1.54) is 0 Å². The summed E-state index contributed by atoms with van der Waals surface area (Å²) in [4.78, 5) is 0. The summed E-state index contributed by atoms with van der Waals surface area (Å²) in [5, 5.41) is 19.8. The fraction of sp³-hybridized carbons (Fsp3) is 0.333. The van der Waals surface area contributed by atoms with Crippen molar-refractivity contribution in [2.45, 2.75) is 32.4 Å². The van der Waals surface area contributed by atoms with Crippen molar-refractivity contribution in [3.63, 3.8) is 0 Å². The maximum Gasteiger partial charge on any atom is 0.132 e. The van der Waals surface area contributed by atoms with Crippen LogP contribution in [-0.4, -0.2) is 36.9 Å². The highest BCUT2D eigenvalue weighted by molar-refractivity contribution is 6.31. The molecule has 0 saturated heterocycles. The van der Waals surface area contributed by atoms with E-state index in [1.807, 2.05) is 30.6 Å². The molecular formula is C18H19ClN4O2. The summed E-state index contributed by atoms with van der Waals surface area (Å²) >= 11 is 6.32. The van der Waals surface area contributed by atoms with Gasteiger partial charge in [0.05, 0.1) is 24.9 Å². The highest BCUT2D eigenvalue weighted by Crippen LogP contribution is 2.40. The van der Waals surface area contributed by atoms with Gasteiger partial charge in [0.1, 0.15) is 17.1 Å². The molecule has 0 saturated carbocycles. The maximum absolute atomic E-state index is 10.1. The van der Waals surface area contributed by atoms with Crippen molar-refractivity contribution in [2.75, 3.05) is 6.61 Å². The third kappa shape index (κ3) is 3.15. The first-order valence-corrected chi connectivity index (χ1v) is 8.54. The molecule has 0 spiro atoms. The first-order valence-electron chi connectivity index (χ1n) is 8.16. The number of benzene rings is 1. The van der Waals surface area contributed by atoms with E-state index in [0.29, 0.717) is 18.2 Å². The van der Waals surface area contributed by atoms with Crippen molar-refractivity contribution in [3.8, 4) is 22.7 Å². The van der Waals surface area contributed by atoms with Crippen molar-refractivity contribution < 1.29 is 9.84 Å². The molecule has 7 heteroatoms. The summed E-state index contributed by atoms with van der Waals surface area (Å²) in [6.07, 6.45) is 6.30. The van der Waals surface area contributed by atoms with E-state index in [0.717, 1.165) is 34.7 Å².